The fourth-order valence-electron chi connectivity index (χ4n) is 3.00. The van der Waals surface area contributed by atoms with Crippen LogP contribution in [-0.4, -0.2) is 39.0 Å². The van der Waals surface area contributed by atoms with E-state index in [1.165, 1.54) is 0 Å². The van der Waals surface area contributed by atoms with Gasteiger partial charge < -0.3 is 10.6 Å². The van der Waals surface area contributed by atoms with Crippen molar-refractivity contribution in [1.82, 2.24) is 20.2 Å². The molecule has 0 atom stereocenters. The van der Waals surface area contributed by atoms with Crippen LogP contribution in [-0.2, 0) is 0 Å². The Bertz CT molecular complexity index is 1090. The minimum atomic E-state index is 0.0682. The molecular formula is C21H20N6O. The summed E-state index contributed by atoms with van der Waals surface area (Å²) in [6, 6.07) is 13.6. The Balaban J connectivity index is 1.43. The van der Waals surface area contributed by atoms with Crippen molar-refractivity contribution >= 4 is 28.2 Å². The van der Waals surface area contributed by atoms with E-state index in [-0.39, 0.29) is 5.78 Å². The van der Waals surface area contributed by atoms with Gasteiger partial charge in [-0.2, -0.15) is 5.10 Å². The Morgan fingerprint density at radius 1 is 1.00 bits per heavy atom. The molecule has 2 heterocycles. The Labute approximate surface area is 162 Å². The third kappa shape index (κ3) is 3.83. The zero-order valence-corrected chi connectivity index (χ0v) is 15.4. The molecule has 4 rings (SSSR count). The lowest BCUT2D eigenvalue weighted by Crippen LogP contribution is -2.14. The molecule has 7 nitrogen and oxygen atoms in total. The molecule has 3 N–H and O–H groups in total. The van der Waals surface area contributed by atoms with Gasteiger partial charge in [0.15, 0.2) is 5.78 Å². The molecule has 2 aromatic heterocycles. The summed E-state index contributed by atoms with van der Waals surface area (Å²) in [5, 5.41) is 14.5. The lowest BCUT2D eigenvalue weighted by Gasteiger charge is -2.11. The summed E-state index contributed by atoms with van der Waals surface area (Å²) in [5.41, 5.74) is 4.65. The van der Waals surface area contributed by atoms with E-state index < -0.39 is 0 Å². The van der Waals surface area contributed by atoms with Crippen LogP contribution in [0.15, 0.2) is 61.2 Å². The lowest BCUT2D eigenvalue weighted by molar-refractivity contribution is 0.101. The molecule has 28 heavy (non-hydrogen) atoms. The molecule has 2 aromatic carbocycles. The van der Waals surface area contributed by atoms with E-state index in [1.807, 2.05) is 42.6 Å². The number of Topliss-reactive ketones (excluding diaryl/α,β-unsaturated/α-hetero) is 1. The molecule has 0 fully saturated rings. The molecule has 0 aliphatic heterocycles. The van der Waals surface area contributed by atoms with Gasteiger partial charge in [0.1, 0.15) is 12.1 Å². The maximum absolute atomic E-state index is 11.3. The number of H-pyrrole nitrogens is 1. The third-order valence-corrected chi connectivity index (χ3v) is 4.50. The highest BCUT2D eigenvalue weighted by Gasteiger charge is 2.06. The Hall–Kier alpha value is -3.74. The normalized spacial score (nSPS) is 10.8. The predicted octanol–water partition coefficient (Wildman–Crippen LogP) is 3.75. The molecule has 0 saturated carbocycles. The zero-order valence-electron chi connectivity index (χ0n) is 15.4. The minimum Gasteiger partial charge on any atom is -0.383 e. The minimum absolute atomic E-state index is 0.0682. The molecular weight excluding hydrogens is 352 g/mol. The zero-order chi connectivity index (χ0) is 19.3. The molecule has 0 amide bonds. The number of benzene rings is 2. The van der Waals surface area contributed by atoms with Crippen molar-refractivity contribution in [3.05, 3.63) is 66.7 Å². The van der Waals surface area contributed by atoms with Crippen LogP contribution in [0.4, 0.5) is 11.5 Å². The van der Waals surface area contributed by atoms with Crippen LogP contribution < -0.4 is 10.6 Å². The molecule has 0 aliphatic carbocycles. The Kier molecular flexibility index (Phi) is 4.97. The smallest absolute Gasteiger partial charge is 0.159 e. The molecule has 0 saturated heterocycles. The SMILES string of the molecule is CC(=O)c1ccc(NCCNc2ncnc3ccc(-c4cn[nH]c4)cc23)cc1. The van der Waals surface area contributed by atoms with E-state index in [9.17, 15) is 4.79 Å². The number of hydrogen-bond donors (Lipinski definition) is 3. The van der Waals surface area contributed by atoms with Gasteiger partial charge in [-0.25, -0.2) is 9.97 Å². The van der Waals surface area contributed by atoms with E-state index in [2.05, 4.69) is 36.9 Å². The number of nitrogens with one attached hydrogen (secondary N) is 3. The molecule has 4 aromatic rings. The number of aromatic nitrogens is 4. The first-order chi connectivity index (χ1) is 13.7. The van der Waals surface area contributed by atoms with Crippen LogP contribution in [0.3, 0.4) is 0 Å². The predicted molar refractivity (Wildman–Crippen MR) is 111 cm³/mol. The molecule has 0 radical (unpaired) electrons. The topological polar surface area (TPSA) is 95.6 Å². The quantitative estimate of drug-likeness (QED) is 0.338. The van der Waals surface area contributed by atoms with Crippen molar-refractivity contribution in [2.45, 2.75) is 6.92 Å². The van der Waals surface area contributed by atoms with Crippen molar-refractivity contribution in [1.29, 1.82) is 0 Å². The summed E-state index contributed by atoms with van der Waals surface area (Å²) in [5.74, 6) is 0.864. The van der Waals surface area contributed by atoms with Gasteiger partial charge in [0.25, 0.3) is 0 Å². The number of nitrogens with zero attached hydrogens (tertiary/aromatic N) is 3. The number of hydrogen-bond acceptors (Lipinski definition) is 6. The van der Waals surface area contributed by atoms with Crippen LogP contribution in [0.5, 0.6) is 0 Å². The van der Waals surface area contributed by atoms with Gasteiger partial charge in [0, 0.05) is 41.5 Å². The molecule has 7 heteroatoms. The fourth-order valence-corrected chi connectivity index (χ4v) is 3.00. The summed E-state index contributed by atoms with van der Waals surface area (Å²) in [6.07, 6.45) is 5.22. The number of carbonyl (C=O) groups is 1. The van der Waals surface area contributed by atoms with Gasteiger partial charge in [-0.1, -0.05) is 6.07 Å². The summed E-state index contributed by atoms with van der Waals surface area (Å²) in [7, 11) is 0. The van der Waals surface area contributed by atoms with E-state index in [4.69, 9.17) is 0 Å². The monoisotopic (exact) mass is 372 g/mol. The maximum Gasteiger partial charge on any atom is 0.159 e. The molecule has 0 spiro atoms. The number of ketones is 1. The number of rotatable bonds is 7. The van der Waals surface area contributed by atoms with Gasteiger partial charge in [-0.15, -0.1) is 0 Å². The van der Waals surface area contributed by atoms with Crippen molar-refractivity contribution in [2.24, 2.45) is 0 Å². The first kappa shape index (κ1) is 17.7. The molecule has 140 valence electrons. The van der Waals surface area contributed by atoms with Gasteiger partial charge >= 0.3 is 0 Å². The van der Waals surface area contributed by atoms with Crippen LogP contribution >= 0.6 is 0 Å². The van der Waals surface area contributed by atoms with E-state index in [0.29, 0.717) is 18.7 Å². The fraction of sp³-hybridized carbons (Fsp3) is 0.143. The molecule has 0 unspecified atom stereocenters. The molecule has 0 bridgehead atoms. The van der Waals surface area contributed by atoms with E-state index in [1.54, 1.807) is 19.4 Å². The van der Waals surface area contributed by atoms with Crippen LogP contribution in [0, 0.1) is 0 Å². The second kappa shape index (κ2) is 7.87. The van der Waals surface area contributed by atoms with Gasteiger partial charge in [0.05, 0.1) is 11.7 Å². The Morgan fingerprint density at radius 2 is 1.82 bits per heavy atom. The first-order valence-corrected chi connectivity index (χ1v) is 9.03. The van der Waals surface area contributed by atoms with Crippen molar-refractivity contribution in [3.8, 4) is 11.1 Å². The first-order valence-electron chi connectivity index (χ1n) is 9.03. The number of fused-ring (bicyclic) bond motifs is 1. The van der Waals surface area contributed by atoms with Crippen molar-refractivity contribution in [2.75, 3.05) is 23.7 Å². The van der Waals surface area contributed by atoms with Gasteiger partial charge in [-0.3, -0.25) is 9.89 Å². The van der Waals surface area contributed by atoms with E-state index >= 15 is 0 Å². The second-order valence-corrected chi connectivity index (χ2v) is 6.43. The third-order valence-electron chi connectivity index (χ3n) is 4.50. The summed E-state index contributed by atoms with van der Waals surface area (Å²) < 4.78 is 0. The van der Waals surface area contributed by atoms with Crippen LogP contribution in [0.25, 0.3) is 22.0 Å². The summed E-state index contributed by atoms with van der Waals surface area (Å²) >= 11 is 0. The average molecular weight is 372 g/mol. The highest BCUT2D eigenvalue weighted by atomic mass is 16.1. The van der Waals surface area contributed by atoms with E-state index in [0.717, 1.165) is 33.5 Å². The Morgan fingerprint density at radius 3 is 2.57 bits per heavy atom. The van der Waals surface area contributed by atoms with Crippen LogP contribution in [0.2, 0.25) is 0 Å². The number of anilines is 2. The van der Waals surface area contributed by atoms with Crippen molar-refractivity contribution < 1.29 is 4.79 Å². The van der Waals surface area contributed by atoms with Crippen molar-refractivity contribution in [3.63, 3.8) is 0 Å². The van der Waals surface area contributed by atoms with Gasteiger partial charge in [-0.05, 0) is 48.9 Å². The van der Waals surface area contributed by atoms with Crippen LogP contribution in [0.1, 0.15) is 17.3 Å². The highest BCUT2D eigenvalue weighted by Crippen LogP contribution is 2.26. The largest absolute Gasteiger partial charge is 0.383 e. The average Bonchev–Trinajstić information content (AvgIpc) is 3.26. The number of carbonyl (C=O) groups excluding carboxylic acids is 1. The summed E-state index contributed by atoms with van der Waals surface area (Å²) in [6.45, 7) is 2.97. The standard InChI is InChI=1S/C21H20N6O/c1-14(28)15-2-5-18(6-3-15)22-8-9-23-21-19-10-16(17-11-26-27-12-17)4-7-20(19)24-13-25-21/h2-7,10-13,22H,8-9H2,1H3,(H,26,27)(H,23,24,25). The second-order valence-electron chi connectivity index (χ2n) is 6.43. The maximum atomic E-state index is 11.3. The molecule has 0 aliphatic rings. The summed E-state index contributed by atoms with van der Waals surface area (Å²) in [4.78, 5) is 20.1. The highest BCUT2D eigenvalue weighted by molar-refractivity contribution is 5.94. The van der Waals surface area contributed by atoms with Gasteiger partial charge in [0.2, 0.25) is 0 Å². The lowest BCUT2D eigenvalue weighted by atomic mass is 10.1. The number of aromatic amines is 1.